The number of hydrogen-bond donors (Lipinski definition) is 2. The first kappa shape index (κ1) is 15.0. The van der Waals surface area contributed by atoms with Gasteiger partial charge in [0.15, 0.2) is 0 Å². The van der Waals surface area contributed by atoms with Crippen molar-refractivity contribution in [3.05, 3.63) is 60.4 Å². The van der Waals surface area contributed by atoms with Crippen LogP contribution in [0.4, 0.5) is 20.6 Å². The summed E-state index contributed by atoms with van der Waals surface area (Å²) >= 11 is 0. The highest BCUT2D eigenvalue weighted by Gasteiger charge is 2.33. The molecule has 0 aromatic heterocycles. The smallest absolute Gasteiger partial charge is 0.319 e. The average molecular weight is 313 g/mol. The Hall–Kier alpha value is -2.89. The van der Waals surface area contributed by atoms with Gasteiger partial charge in [-0.15, -0.1) is 0 Å². The minimum Gasteiger partial charge on any atom is -0.326 e. The molecule has 6 heteroatoms. The summed E-state index contributed by atoms with van der Waals surface area (Å²) in [5.41, 5.74) is 1.29. The number of carbonyl (C=O) groups is 2. The van der Waals surface area contributed by atoms with E-state index in [4.69, 9.17) is 0 Å². The van der Waals surface area contributed by atoms with Crippen LogP contribution in [-0.2, 0) is 4.79 Å². The van der Waals surface area contributed by atoms with Crippen LogP contribution in [0, 0.1) is 5.82 Å². The number of halogens is 1. The molecule has 118 valence electrons. The highest BCUT2D eigenvalue weighted by atomic mass is 19.1. The summed E-state index contributed by atoms with van der Waals surface area (Å²) in [6.07, 6.45) is 0.546. The fraction of sp³-hybridized carbons (Fsp3) is 0.176. The van der Waals surface area contributed by atoms with E-state index in [2.05, 4.69) is 10.6 Å². The van der Waals surface area contributed by atoms with Gasteiger partial charge in [0, 0.05) is 17.9 Å². The van der Waals surface area contributed by atoms with Crippen molar-refractivity contribution in [2.24, 2.45) is 0 Å². The van der Waals surface area contributed by atoms with Gasteiger partial charge in [-0.05, 0) is 42.8 Å². The number of hydrogen-bond acceptors (Lipinski definition) is 2. The first-order chi connectivity index (χ1) is 11.1. The summed E-state index contributed by atoms with van der Waals surface area (Å²) < 4.78 is 12.8. The maximum absolute atomic E-state index is 12.8. The molecule has 2 aromatic rings. The number of rotatable bonds is 3. The van der Waals surface area contributed by atoms with Crippen LogP contribution in [0.25, 0.3) is 0 Å². The molecular formula is C17H16FN3O2. The van der Waals surface area contributed by atoms with E-state index in [1.165, 1.54) is 24.3 Å². The summed E-state index contributed by atoms with van der Waals surface area (Å²) in [7, 11) is 0. The molecule has 3 rings (SSSR count). The zero-order chi connectivity index (χ0) is 16.2. The van der Waals surface area contributed by atoms with Crippen LogP contribution in [0.15, 0.2) is 54.6 Å². The van der Waals surface area contributed by atoms with Gasteiger partial charge in [0.05, 0.1) is 0 Å². The van der Waals surface area contributed by atoms with Gasteiger partial charge < -0.3 is 15.5 Å². The summed E-state index contributed by atoms with van der Waals surface area (Å²) in [6.45, 7) is 0.560. The van der Waals surface area contributed by atoms with E-state index in [1.54, 1.807) is 4.90 Å². The maximum Gasteiger partial charge on any atom is 0.319 e. The number of urea groups is 1. The van der Waals surface area contributed by atoms with Crippen molar-refractivity contribution in [2.75, 3.05) is 16.8 Å². The van der Waals surface area contributed by atoms with Crippen LogP contribution in [0.5, 0.6) is 0 Å². The Morgan fingerprint density at radius 2 is 1.78 bits per heavy atom. The Morgan fingerprint density at radius 3 is 2.48 bits per heavy atom. The minimum absolute atomic E-state index is 0.134. The summed E-state index contributed by atoms with van der Waals surface area (Å²) in [5, 5.41) is 5.24. The van der Waals surface area contributed by atoms with Crippen molar-refractivity contribution in [2.45, 2.75) is 12.5 Å². The molecule has 2 aromatic carbocycles. The number of nitrogens with zero attached hydrogens (tertiary/aromatic N) is 1. The van der Waals surface area contributed by atoms with Gasteiger partial charge in [0.2, 0.25) is 5.91 Å². The predicted molar refractivity (Wildman–Crippen MR) is 85.8 cm³/mol. The van der Waals surface area contributed by atoms with Crippen LogP contribution in [0.3, 0.4) is 0 Å². The van der Waals surface area contributed by atoms with E-state index in [-0.39, 0.29) is 11.7 Å². The van der Waals surface area contributed by atoms with Crippen LogP contribution >= 0.6 is 0 Å². The Morgan fingerprint density at radius 1 is 1.09 bits per heavy atom. The van der Waals surface area contributed by atoms with Gasteiger partial charge in [0.25, 0.3) is 0 Å². The molecule has 0 radical (unpaired) electrons. The lowest BCUT2D eigenvalue weighted by Gasteiger charge is -2.17. The van der Waals surface area contributed by atoms with Gasteiger partial charge in [0.1, 0.15) is 11.9 Å². The lowest BCUT2D eigenvalue weighted by Crippen LogP contribution is -2.43. The Balaban J connectivity index is 1.59. The van der Waals surface area contributed by atoms with Gasteiger partial charge >= 0.3 is 6.03 Å². The molecule has 1 aliphatic rings. The van der Waals surface area contributed by atoms with Gasteiger partial charge in [-0.3, -0.25) is 4.79 Å². The number of amides is 3. The lowest BCUT2D eigenvalue weighted by molar-refractivity contribution is -0.118. The Labute approximate surface area is 133 Å². The van der Waals surface area contributed by atoms with E-state index < -0.39 is 12.1 Å². The molecule has 1 saturated heterocycles. The van der Waals surface area contributed by atoms with Crippen molar-refractivity contribution >= 4 is 23.3 Å². The first-order valence-corrected chi connectivity index (χ1v) is 7.33. The van der Waals surface area contributed by atoms with E-state index in [0.29, 0.717) is 18.7 Å². The molecule has 0 saturated carbocycles. The molecule has 1 atom stereocenters. The Kier molecular flexibility index (Phi) is 4.23. The van der Waals surface area contributed by atoms with Gasteiger partial charge in [-0.2, -0.15) is 0 Å². The summed E-state index contributed by atoms with van der Waals surface area (Å²) in [4.78, 5) is 26.0. The van der Waals surface area contributed by atoms with E-state index in [0.717, 1.165) is 5.69 Å². The van der Waals surface area contributed by atoms with E-state index >= 15 is 0 Å². The normalized spacial score (nSPS) is 17.2. The summed E-state index contributed by atoms with van der Waals surface area (Å²) in [5.74, 6) is -0.508. The molecular weight excluding hydrogens is 297 g/mol. The minimum atomic E-state index is -0.560. The van der Waals surface area contributed by atoms with Crippen LogP contribution in [0.1, 0.15) is 6.42 Å². The Bertz CT molecular complexity index is 704. The quantitative estimate of drug-likeness (QED) is 0.915. The monoisotopic (exact) mass is 313 g/mol. The zero-order valence-corrected chi connectivity index (χ0v) is 12.3. The molecule has 0 bridgehead atoms. The highest BCUT2D eigenvalue weighted by molar-refractivity contribution is 6.02. The van der Waals surface area contributed by atoms with Gasteiger partial charge in [-0.25, -0.2) is 9.18 Å². The maximum atomic E-state index is 12.8. The van der Waals surface area contributed by atoms with Crippen LogP contribution < -0.4 is 15.5 Å². The fourth-order valence-electron chi connectivity index (χ4n) is 2.54. The molecule has 2 N–H and O–H groups in total. The second-order valence-electron chi connectivity index (χ2n) is 5.27. The van der Waals surface area contributed by atoms with Crippen molar-refractivity contribution in [1.82, 2.24) is 5.32 Å². The molecule has 0 spiro atoms. The van der Waals surface area contributed by atoms with Crippen molar-refractivity contribution in [3.63, 3.8) is 0 Å². The second-order valence-corrected chi connectivity index (χ2v) is 5.27. The third-order valence-electron chi connectivity index (χ3n) is 3.68. The van der Waals surface area contributed by atoms with E-state index in [1.807, 2.05) is 30.3 Å². The molecule has 1 fully saturated rings. The number of anilines is 2. The molecule has 23 heavy (non-hydrogen) atoms. The number of benzene rings is 2. The van der Waals surface area contributed by atoms with Crippen LogP contribution in [-0.4, -0.2) is 24.5 Å². The number of carbonyl (C=O) groups excluding carboxylic acids is 2. The largest absolute Gasteiger partial charge is 0.326 e. The topological polar surface area (TPSA) is 61.4 Å². The number of para-hydroxylation sites is 1. The van der Waals surface area contributed by atoms with Crippen LogP contribution in [0.2, 0.25) is 0 Å². The summed E-state index contributed by atoms with van der Waals surface area (Å²) in [6, 6.07) is 13.7. The highest BCUT2D eigenvalue weighted by Crippen LogP contribution is 2.21. The van der Waals surface area contributed by atoms with Crippen molar-refractivity contribution in [1.29, 1.82) is 0 Å². The second kappa shape index (κ2) is 6.48. The zero-order valence-electron chi connectivity index (χ0n) is 12.3. The van der Waals surface area contributed by atoms with Crippen molar-refractivity contribution < 1.29 is 14.0 Å². The average Bonchev–Trinajstić information content (AvgIpc) is 2.91. The van der Waals surface area contributed by atoms with Gasteiger partial charge in [-0.1, -0.05) is 18.2 Å². The third-order valence-corrected chi connectivity index (χ3v) is 3.68. The molecule has 0 aliphatic carbocycles. The molecule has 1 heterocycles. The predicted octanol–water partition coefficient (Wildman–Crippen LogP) is 2.75. The standard InChI is InChI=1S/C17H16FN3O2/c18-12-6-8-13(9-7-12)19-17(23)20-15-10-11-21(16(15)22)14-4-2-1-3-5-14/h1-9,15H,10-11H2,(H2,19,20,23)/t15-/m0/s1. The molecule has 3 amide bonds. The first-order valence-electron chi connectivity index (χ1n) is 7.33. The molecule has 0 unspecified atom stereocenters. The third kappa shape index (κ3) is 3.48. The molecule has 1 aliphatic heterocycles. The lowest BCUT2D eigenvalue weighted by atomic mass is 10.2. The fourth-order valence-corrected chi connectivity index (χ4v) is 2.54. The van der Waals surface area contributed by atoms with E-state index in [9.17, 15) is 14.0 Å². The van der Waals surface area contributed by atoms with Crippen molar-refractivity contribution in [3.8, 4) is 0 Å². The number of nitrogens with one attached hydrogen (secondary N) is 2. The SMILES string of the molecule is O=C(Nc1ccc(F)cc1)N[C@H]1CCN(c2ccccc2)C1=O. The molecule has 5 nitrogen and oxygen atoms in total.